The standard InChI is InChI=1S/C25H21NO4/c1-14(27)29-22-11-16-13-26-21-12-23(30-15(2)28)18-8-4-6-10-20(18)25(21)24(16)19-9-5-3-7-17(19)22/h3-10,13,22-23H,11-12H2,1-2H3. The first-order chi connectivity index (χ1) is 14.5. The van der Waals surface area contributed by atoms with Gasteiger partial charge in [0, 0.05) is 49.6 Å². The van der Waals surface area contributed by atoms with Gasteiger partial charge in [0.2, 0.25) is 0 Å². The quantitative estimate of drug-likeness (QED) is 0.583. The third-order valence-corrected chi connectivity index (χ3v) is 5.79. The van der Waals surface area contributed by atoms with Gasteiger partial charge in [-0.25, -0.2) is 0 Å². The number of aromatic nitrogens is 1. The maximum atomic E-state index is 11.7. The van der Waals surface area contributed by atoms with Crippen LogP contribution in [0.3, 0.4) is 0 Å². The van der Waals surface area contributed by atoms with Crippen molar-refractivity contribution in [2.24, 2.45) is 0 Å². The van der Waals surface area contributed by atoms with Gasteiger partial charge in [0.25, 0.3) is 0 Å². The van der Waals surface area contributed by atoms with E-state index in [1.165, 1.54) is 13.8 Å². The summed E-state index contributed by atoms with van der Waals surface area (Å²) in [5.41, 5.74) is 8.29. The first-order valence-electron chi connectivity index (χ1n) is 10.1. The Morgan fingerprint density at radius 3 is 1.93 bits per heavy atom. The highest BCUT2D eigenvalue weighted by Gasteiger charge is 2.34. The third kappa shape index (κ3) is 2.98. The van der Waals surface area contributed by atoms with Crippen LogP contribution in [0, 0.1) is 0 Å². The van der Waals surface area contributed by atoms with Crippen LogP contribution < -0.4 is 0 Å². The van der Waals surface area contributed by atoms with E-state index in [0.29, 0.717) is 12.8 Å². The van der Waals surface area contributed by atoms with Gasteiger partial charge >= 0.3 is 11.9 Å². The van der Waals surface area contributed by atoms with Gasteiger partial charge in [-0.1, -0.05) is 48.5 Å². The lowest BCUT2D eigenvalue weighted by Gasteiger charge is -2.33. The molecule has 2 aromatic carbocycles. The molecule has 1 aromatic heterocycles. The fraction of sp³-hybridized carbons (Fsp3) is 0.240. The molecule has 0 aliphatic heterocycles. The van der Waals surface area contributed by atoms with Gasteiger partial charge in [-0.3, -0.25) is 14.6 Å². The molecule has 5 heteroatoms. The number of carbonyl (C=O) groups is 2. The van der Waals surface area contributed by atoms with Crippen molar-refractivity contribution in [2.45, 2.75) is 38.9 Å². The molecule has 2 aliphatic carbocycles. The molecule has 3 aromatic rings. The predicted octanol–water partition coefficient (Wildman–Crippen LogP) is 4.74. The molecule has 5 rings (SSSR count). The molecule has 0 saturated heterocycles. The first-order valence-corrected chi connectivity index (χ1v) is 10.1. The fourth-order valence-electron chi connectivity index (χ4n) is 4.71. The Morgan fingerprint density at radius 1 is 0.800 bits per heavy atom. The molecule has 1 heterocycles. The molecule has 2 atom stereocenters. The number of fused-ring (bicyclic) bond motifs is 7. The second kappa shape index (κ2) is 7.10. The predicted molar refractivity (Wildman–Crippen MR) is 112 cm³/mol. The van der Waals surface area contributed by atoms with Crippen molar-refractivity contribution < 1.29 is 19.1 Å². The molecule has 0 bridgehead atoms. The van der Waals surface area contributed by atoms with Crippen LogP contribution in [-0.2, 0) is 31.9 Å². The minimum absolute atomic E-state index is 0.293. The Hall–Kier alpha value is -3.47. The average Bonchev–Trinajstić information content (AvgIpc) is 2.73. The van der Waals surface area contributed by atoms with Gasteiger partial charge in [0.1, 0.15) is 12.2 Å². The number of nitrogens with zero attached hydrogens (tertiary/aromatic N) is 1. The molecule has 0 N–H and O–H groups in total. The largest absolute Gasteiger partial charge is 0.457 e. The van der Waals surface area contributed by atoms with E-state index in [-0.39, 0.29) is 24.1 Å². The highest BCUT2D eigenvalue weighted by atomic mass is 16.5. The third-order valence-electron chi connectivity index (χ3n) is 5.79. The van der Waals surface area contributed by atoms with Crippen LogP contribution in [0.2, 0.25) is 0 Å². The molecular weight excluding hydrogens is 378 g/mol. The number of hydrogen-bond acceptors (Lipinski definition) is 5. The summed E-state index contributed by atoms with van der Waals surface area (Å²) < 4.78 is 11.2. The second-order valence-corrected chi connectivity index (χ2v) is 7.76. The molecule has 5 nitrogen and oxygen atoms in total. The molecule has 30 heavy (non-hydrogen) atoms. The normalized spacial score (nSPS) is 18.3. The number of pyridine rings is 1. The van der Waals surface area contributed by atoms with Crippen molar-refractivity contribution in [3.63, 3.8) is 0 Å². The summed E-state index contributed by atoms with van der Waals surface area (Å²) in [6, 6.07) is 16.1. The maximum absolute atomic E-state index is 11.7. The van der Waals surface area contributed by atoms with Gasteiger partial charge < -0.3 is 9.47 Å². The number of carbonyl (C=O) groups excluding carboxylic acids is 2. The van der Waals surface area contributed by atoms with Crippen molar-refractivity contribution in [2.75, 3.05) is 0 Å². The number of benzene rings is 2. The lowest BCUT2D eigenvalue weighted by molar-refractivity contribution is -0.147. The first kappa shape index (κ1) is 18.6. The highest BCUT2D eigenvalue weighted by Crippen LogP contribution is 2.49. The Morgan fingerprint density at radius 2 is 1.33 bits per heavy atom. The fourth-order valence-corrected chi connectivity index (χ4v) is 4.71. The SMILES string of the molecule is CC(=O)OC1Cc2cnc3c(c2-c2ccccc21)-c1ccccc1C(OC(C)=O)C3. The zero-order valence-corrected chi connectivity index (χ0v) is 16.8. The van der Waals surface area contributed by atoms with E-state index in [0.717, 1.165) is 44.6 Å². The van der Waals surface area contributed by atoms with E-state index in [2.05, 4.69) is 12.1 Å². The van der Waals surface area contributed by atoms with Crippen molar-refractivity contribution in [1.82, 2.24) is 4.98 Å². The Bertz CT molecular complexity index is 1090. The summed E-state index contributed by atoms with van der Waals surface area (Å²) in [5, 5.41) is 0. The van der Waals surface area contributed by atoms with E-state index in [1.807, 2.05) is 42.6 Å². The van der Waals surface area contributed by atoms with Crippen LogP contribution in [0.1, 0.15) is 48.4 Å². The zero-order valence-electron chi connectivity index (χ0n) is 16.8. The van der Waals surface area contributed by atoms with Crippen molar-refractivity contribution in [3.05, 3.63) is 77.1 Å². The monoisotopic (exact) mass is 399 g/mol. The van der Waals surface area contributed by atoms with Crippen LogP contribution in [0.5, 0.6) is 0 Å². The Labute approximate surface area is 174 Å². The van der Waals surface area contributed by atoms with Crippen molar-refractivity contribution >= 4 is 11.9 Å². The molecule has 2 unspecified atom stereocenters. The topological polar surface area (TPSA) is 65.5 Å². The van der Waals surface area contributed by atoms with Gasteiger partial charge in [0.05, 0.1) is 5.69 Å². The molecule has 0 amide bonds. The van der Waals surface area contributed by atoms with Crippen LogP contribution in [0.4, 0.5) is 0 Å². The Kier molecular flexibility index (Phi) is 4.39. The molecule has 0 saturated carbocycles. The number of ether oxygens (including phenoxy) is 2. The zero-order chi connectivity index (χ0) is 20.8. The van der Waals surface area contributed by atoms with Crippen LogP contribution >= 0.6 is 0 Å². The summed E-state index contributed by atoms with van der Waals surface area (Å²) in [4.78, 5) is 28.1. The summed E-state index contributed by atoms with van der Waals surface area (Å²) in [7, 11) is 0. The second-order valence-electron chi connectivity index (χ2n) is 7.76. The van der Waals surface area contributed by atoms with Crippen molar-refractivity contribution in [1.29, 1.82) is 0 Å². The van der Waals surface area contributed by atoms with E-state index >= 15 is 0 Å². The smallest absolute Gasteiger partial charge is 0.303 e. The molecule has 0 radical (unpaired) electrons. The number of hydrogen-bond donors (Lipinski definition) is 0. The van der Waals surface area contributed by atoms with Crippen molar-refractivity contribution in [3.8, 4) is 22.3 Å². The molecule has 2 aliphatic rings. The van der Waals surface area contributed by atoms with Crippen LogP contribution in [0.15, 0.2) is 54.7 Å². The molecule has 0 fully saturated rings. The highest BCUT2D eigenvalue weighted by molar-refractivity contribution is 5.92. The number of esters is 2. The van der Waals surface area contributed by atoms with E-state index in [1.54, 1.807) is 0 Å². The van der Waals surface area contributed by atoms with Crippen LogP contribution in [0.25, 0.3) is 22.3 Å². The summed E-state index contributed by atoms with van der Waals surface area (Å²) >= 11 is 0. The van der Waals surface area contributed by atoms with Gasteiger partial charge in [-0.2, -0.15) is 0 Å². The van der Waals surface area contributed by atoms with E-state index in [4.69, 9.17) is 14.5 Å². The van der Waals surface area contributed by atoms with Crippen LogP contribution in [-0.4, -0.2) is 16.9 Å². The molecular formula is C25H21NO4. The lowest BCUT2D eigenvalue weighted by Crippen LogP contribution is -2.21. The minimum atomic E-state index is -0.343. The molecule has 0 spiro atoms. The van der Waals surface area contributed by atoms with Gasteiger partial charge in [0.15, 0.2) is 0 Å². The lowest BCUT2D eigenvalue weighted by atomic mass is 9.76. The summed E-state index contributed by atoms with van der Waals surface area (Å²) in [5.74, 6) is -0.593. The Balaban J connectivity index is 1.72. The van der Waals surface area contributed by atoms with E-state index < -0.39 is 0 Å². The van der Waals surface area contributed by atoms with Gasteiger partial charge in [-0.15, -0.1) is 0 Å². The number of rotatable bonds is 2. The summed E-state index contributed by atoms with van der Waals surface area (Å²) in [6.45, 7) is 2.87. The maximum Gasteiger partial charge on any atom is 0.303 e. The summed E-state index contributed by atoms with van der Waals surface area (Å²) in [6.07, 6.45) is 2.33. The van der Waals surface area contributed by atoms with Gasteiger partial charge in [-0.05, 0) is 22.3 Å². The molecule has 150 valence electrons. The minimum Gasteiger partial charge on any atom is -0.457 e. The van der Waals surface area contributed by atoms with E-state index in [9.17, 15) is 9.59 Å². The average molecular weight is 399 g/mol.